The number of carbonyl (C=O) groups is 1. The maximum atomic E-state index is 11.4. The summed E-state index contributed by atoms with van der Waals surface area (Å²) in [6, 6.07) is 3.30. The average Bonchev–Trinajstić information content (AvgIpc) is 2.27. The summed E-state index contributed by atoms with van der Waals surface area (Å²) < 4.78 is 10.3. The zero-order valence-electron chi connectivity index (χ0n) is 8.96. The molecule has 0 saturated heterocycles. The molecule has 0 aliphatic rings. The molecule has 0 atom stereocenters. The van der Waals surface area contributed by atoms with Gasteiger partial charge in [0.1, 0.15) is 11.5 Å². The van der Waals surface area contributed by atoms with Gasteiger partial charge < -0.3 is 9.47 Å². The fraction of sp³-hybridized carbons (Fsp3) is 0.300. The third kappa shape index (κ3) is 2.02. The number of hydrazine groups is 1. The Morgan fingerprint density at radius 3 is 2.47 bits per heavy atom. The van der Waals surface area contributed by atoms with Crippen molar-refractivity contribution in [2.75, 3.05) is 14.2 Å². The molecule has 5 heteroatoms. The molecule has 0 radical (unpaired) electrons. The van der Waals surface area contributed by atoms with Crippen LogP contribution in [-0.4, -0.2) is 20.1 Å². The number of amides is 1. The van der Waals surface area contributed by atoms with Gasteiger partial charge in [-0.15, -0.1) is 0 Å². The molecule has 1 aromatic carbocycles. The van der Waals surface area contributed by atoms with E-state index in [1.807, 2.05) is 6.92 Å². The number of nitrogens with two attached hydrogens (primary N) is 1. The van der Waals surface area contributed by atoms with Gasteiger partial charge in [0.15, 0.2) is 0 Å². The second-order valence-corrected chi connectivity index (χ2v) is 2.95. The van der Waals surface area contributed by atoms with Crippen LogP contribution in [0.3, 0.4) is 0 Å². The van der Waals surface area contributed by atoms with Gasteiger partial charge in [0.25, 0.3) is 5.91 Å². The Morgan fingerprint density at radius 2 is 2.00 bits per heavy atom. The van der Waals surface area contributed by atoms with Crippen LogP contribution >= 0.6 is 0 Å². The maximum Gasteiger partial charge on any atom is 0.268 e. The normalized spacial score (nSPS) is 9.60. The molecule has 0 heterocycles. The minimum atomic E-state index is -0.391. The molecule has 0 unspecified atom stereocenters. The molecule has 0 saturated carbocycles. The third-order valence-electron chi connectivity index (χ3n) is 2.16. The number of hydrogen-bond donors (Lipinski definition) is 2. The van der Waals surface area contributed by atoms with Crippen molar-refractivity contribution in [3.8, 4) is 11.5 Å². The largest absolute Gasteiger partial charge is 0.496 e. The van der Waals surface area contributed by atoms with E-state index in [2.05, 4.69) is 5.43 Å². The second-order valence-electron chi connectivity index (χ2n) is 2.95. The van der Waals surface area contributed by atoms with E-state index in [-0.39, 0.29) is 0 Å². The van der Waals surface area contributed by atoms with Gasteiger partial charge in [-0.3, -0.25) is 10.2 Å². The van der Waals surface area contributed by atoms with E-state index in [9.17, 15) is 4.79 Å². The third-order valence-corrected chi connectivity index (χ3v) is 2.16. The first-order valence-corrected chi connectivity index (χ1v) is 4.38. The summed E-state index contributed by atoms with van der Waals surface area (Å²) in [6.07, 6.45) is 0. The van der Waals surface area contributed by atoms with Crippen molar-refractivity contribution in [2.24, 2.45) is 5.84 Å². The summed E-state index contributed by atoms with van der Waals surface area (Å²) in [5.74, 6) is 5.81. The van der Waals surface area contributed by atoms with Crippen molar-refractivity contribution < 1.29 is 14.3 Å². The molecule has 1 rings (SSSR count). The second kappa shape index (κ2) is 4.65. The highest BCUT2D eigenvalue weighted by atomic mass is 16.5. The van der Waals surface area contributed by atoms with Crippen LogP contribution in [0.15, 0.2) is 12.1 Å². The number of rotatable bonds is 3. The van der Waals surface area contributed by atoms with Crippen LogP contribution in [-0.2, 0) is 0 Å². The number of nitrogen functional groups attached to an aromatic ring is 1. The lowest BCUT2D eigenvalue weighted by molar-refractivity contribution is 0.0950. The first-order chi connectivity index (χ1) is 7.15. The summed E-state index contributed by atoms with van der Waals surface area (Å²) in [4.78, 5) is 11.4. The number of benzene rings is 1. The molecular weight excluding hydrogens is 196 g/mol. The minimum absolute atomic E-state index is 0.387. The molecule has 0 aliphatic heterocycles. The van der Waals surface area contributed by atoms with E-state index in [0.29, 0.717) is 17.1 Å². The quantitative estimate of drug-likeness (QED) is 0.435. The maximum absolute atomic E-state index is 11.4. The predicted molar refractivity (Wildman–Crippen MR) is 55.9 cm³/mol. The van der Waals surface area contributed by atoms with E-state index in [4.69, 9.17) is 15.3 Å². The van der Waals surface area contributed by atoms with Gasteiger partial charge in [-0.2, -0.15) is 0 Å². The molecule has 1 amide bonds. The van der Waals surface area contributed by atoms with Crippen LogP contribution in [0, 0.1) is 6.92 Å². The Labute approximate surface area is 88.1 Å². The highest BCUT2D eigenvalue weighted by molar-refractivity contribution is 5.97. The zero-order chi connectivity index (χ0) is 11.4. The molecule has 0 aliphatic carbocycles. The highest BCUT2D eigenvalue weighted by Crippen LogP contribution is 2.30. The van der Waals surface area contributed by atoms with Gasteiger partial charge in [0.05, 0.1) is 19.8 Å². The predicted octanol–water partition coefficient (Wildman–Crippen LogP) is 0.616. The van der Waals surface area contributed by atoms with Crippen LogP contribution < -0.4 is 20.7 Å². The molecule has 15 heavy (non-hydrogen) atoms. The van der Waals surface area contributed by atoms with E-state index in [1.165, 1.54) is 7.11 Å². The first-order valence-electron chi connectivity index (χ1n) is 4.38. The molecular formula is C10H14N2O3. The number of hydrogen-bond acceptors (Lipinski definition) is 4. The summed E-state index contributed by atoms with van der Waals surface area (Å²) >= 11 is 0. The Kier molecular flexibility index (Phi) is 3.51. The summed E-state index contributed by atoms with van der Waals surface area (Å²) in [5.41, 5.74) is 3.21. The Bertz CT molecular complexity index is 377. The summed E-state index contributed by atoms with van der Waals surface area (Å²) in [5, 5.41) is 0. The van der Waals surface area contributed by atoms with Gasteiger partial charge in [-0.1, -0.05) is 0 Å². The Morgan fingerprint density at radius 1 is 1.33 bits per heavy atom. The molecule has 3 N–H and O–H groups in total. The van der Waals surface area contributed by atoms with Crippen LogP contribution in [0.25, 0.3) is 0 Å². The lowest BCUT2D eigenvalue weighted by Crippen LogP contribution is -2.30. The topological polar surface area (TPSA) is 73.6 Å². The average molecular weight is 210 g/mol. The molecule has 5 nitrogen and oxygen atoms in total. The standard InChI is InChI=1S/C10H14N2O3/c1-6-8(14-2)5-4-7(9(6)15-3)10(13)12-11/h4-5H,11H2,1-3H3,(H,12,13). The van der Waals surface area contributed by atoms with Crippen molar-refractivity contribution >= 4 is 5.91 Å². The van der Waals surface area contributed by atoms with Gasteiger partial charge >= 0.3 is 0 Å². The first kappa shape index (κ1) is 11.3. The Hall–Kier alpha value is -1.75. The van der Waals surface area contributed by atoms with Crippen LogP contribution in [0.4, 0.5) is 0 Å². The molecule has 0 bridgehead atoms. The lowest BCUT2D eigenvalue weighted by Gasteiger charge is -2.13. The van der Waals surface area contributed by atoms with Gasteiger partial charge in [0.2, 0.25) is 0 Å². The van der Waals surface area contributed by atoms with E-state index >= 15 is 0 Å². The summed E-state index contributed by atoms with van der Waals surface area (Å²) in [6.45, 7) is 1.81. The number of carbonyl (C=O) groups excluding carboxylic acids is 1. The fourth-order valence-corrected chi connectivity index (χ4v) is 1.41. The van der Waals surface area contributed by atoms with Crippen LogP contribution in [0.1, 0.15) is 15.9 Å². The smallest absolute Gasteiger partial charge is 0.268 e. The van der Waals surface area contributed by atoms with Crippen molar-refractivity contribution in [1.82, 2.24) is 5.43 Å². The van der Waals surface area contributed by atoms with Crippen LogP contribution in [0.5, 0.6) is 11.5 Å². The van der Waals surface area contributed by atoms with E-state index < -0.39 is 5.91 Å². The lowest BCUT2D eigenvalue weighted by atomic mass is 10.1. The highest BCUT2D eigenvalue weighted by Gasteiger charge is 2.15. The molecule has 0 aromatic heterocycles. The number of nitrogens with one attached hydrogen (secondary N) is 1. The zero-order valence-corrected chi connectivity index (χ0v) is 8.96. The summed E-state index contributed by atoms with van der Waals surface area (Å²) in [7, 11) is 3.06. The minimum Gasteiger partial charge on any atom is -0.496 e. The van der Waals surface area contributed by atoms with Crippen molar-refractivity contribution in [2.45, 2.75) is 6.92 Å². The fourth-order valence-electron chi connectivity index (χ4n) is 1.41. The van der Waals surface area contributed by atoms with Crippen molar-refractivity contribution in [1.29, 1.82) is 0 Å². The van der Waals surface area contributed by atoms with Gasteiger partial charge in [-0.25, -0.2) is 5.84 Å². The Balaban J connectivity index is 3.30. The van der Waals surface area contributed by atoms with Gasteiger partial charge in [0, 0.05) is 5.56 Å². The molecule has 1 aromatic rings. The molecule has 0 fully saturated rings. The van der Waals surface area contributed by atoms with Crippen LogP contribution in [0.2, 0.25) is 0 Å². The van der Waals surface area contributed by atoms with E-state index in [1.54, 1.807) is 19.2 Å². The van der Waals surface area contributed by atoms with Gasteiger partial charge in [-0.05, 0) is 19.1 Å². The monoisotopic (exact) mass is 210 g/mol. The van der Waals surface area contributed by atoms with Crippen molar-refractivity contribution in [3.63, 3.8) is 0 Å². The van der Waals surface area contributed by atoms with Crippen molar-refractivity contribution in [3.05, 3.63) is 23.3 Å². The van der Waals surface area contributed by atoms with E-state index in [0.717, 1.165) is 5.56 Å². The number of ether oxygens (including phenoxy) is 2. The molecule has 0 spiro atoms. The SMILES string of the molecule is COc1ccc(C(=O)NN)c(OC)c1C. The number of methoxy groups -OCH3 is 2. The molecule has 82 valence electrons.